The zero-order chi connectivity index (χ0) is 20.9. The molecule has 0 spiro atoms. The number of rotatable bonds is 6. The van der Waals surface area contributed by atoms with Crippen LogP contribution in [0.5, 0.6) is 6.01 Å². The summed E-state index contributed by atoms with van der Waals surface area (Å²) in [5.41, 5.74) is 3.60. The Kier molecular flexibility index (Phi) is 6.80. The van der Waals surface area contributed by atoms with Crippen molar-refractivity contribution in [2.75, 3.05) is 26.2 Å². The van der Waals surface area contributed by atoms with E-state index < -0.39 is 0 Å². The van der Waals surface area contributed by atoms with E-state index in [0.29, 0.717) is 6.01 Å². The van der Waals surface area contributed by atoms with Crippen LogP contribution in [0.1, 0.15) is 63.4 Å². The molecule has 166 valence electrons. The maximum Gasteiger partial charge on any atom is 0.316 e. The van der Waals surface area contributed by atoms with E-state index in [4.69, 9.17) is 4.74 Å². The third-order valence-electron chi connectivity index (χ3n) is 7.36. The summed E-state index contributed by atoms with van der Waals surface area (Å²) in [6.45, 7) is 5.82. The van der Waals surface area contributed by atoms with Crippen LogP contribution in [0.4, 0.5) is 0 Å². The van der Waals surface area contributed by atoms with Crippen LogP contribution in [-0.4, -0.2) is 58.1 Å². The molecule has 0 N–H and O–H groups in total. The molecule has 31 heavy (non-hydrogen) atoms. The van der Waals surface area contributed by atoms with Crippen molar-refractivity contribution in [3.63, 3.8) is 0 Å². The number of hydrogen-bond donors (Lipinski definition) is 0. The van der Waals surface area contributed by atoms with Gasteiger partial charge in [-0.3, -0.25) is 4.90 Å². The maximum atomic E-state index is 6.11. The predicted molar refractivity (Wildman–Crippen MR) is 124 cm³/mol. The minimum absolute atomic E-state index is 0.248. The van der Waals surface area contributed by atoms with Crippen LogP contribution in [-0.2, 0) is 6.54 Å². The van der Waals surface area contributed by atoms with E-state index >= 15 is 0 Å². The molecular formula is C26H36N4O. The second kappa shape index (κ2) is 10.1. The first-order chi connectivity index (χ1) is 15.3. The number of nitrogens with zero attached hydrogens (tertiary/aromatic N) is 4. The summed E-state index contributed by atoms with van der Waals surface area (Å²) in [5.74, 6) is 0. The summed E-state index contributed by atoms with van der Waals surface area (Å²) in [5, 5.41) is 0. The molecule has 5 nitrogen and oxygen atoms in total. The molecule has 3 fully saturated rings. The van der Waals surface area contributed by atoms with Crippen molar-refractivity contribution < 1.29 is 4.74 Å². The van der Waals surface area contributed by atoms with Gasteiger partial charge < -0.3 is 9.64 Å². The van der Waals surface area contributed by atoms with Crippen LogP contribution in [0.2, 0.25) is 0 Å². The fourth-order valence-electron chi connectivity index (χ4n) is 5.48. The topological polar surface area (TPSA) is 41.5 Å². The SMILES string of the molecule is c1cc(-c2cnc(OC3CCN(C4CCCC4)CC3)nc2)ccc1CN1CCCCC1. The number of hydrogen-bond acceptors (Lipinski definition) is 5. The highest BCUT2D eigenvalue weighted by Gasteiger charge is 2.28. The summed E-state index contributed by atoms with van der Waals surface area (Å²) in [6.07, 6.45) is 15.8. The third-order valence-corrected chi connectivity index (χ3v) is 7.36. The maximum absolute atomic E-state index is 6.11. The largest absolute Gasteiger partial charge is 0.460 e. The van der Waals surface area contributed by atoms with Gasteiger partial charge in [0, 0.05) is 43.6 Å². The van der Waals surface area contributed by atoms with Gasteiger partial charge in [0.1, 0.15) is 6.10 Å². The molecule has 2 aromatic rings. The second-order valence-corrected chi connectivity index (χ2v) is 9.58. The van der Waals surface area contributed by atoms with Crippen molar-refractivity contribution in [1.29, 1.82) is 0 Å². The van der Waals surface area contributed by atoms with Crippen LogP contribution >= 0.6 is 0 Å². The predicted octanol–water partition coefficient (Wildman–Crippen LogP) is 4.92. The van der Waals surface area contributed by atoms with Crippen molar-refractivity contribution in [1.82, 2.24) is 19.8 Å². The molecule has 1 aromatic carbocycles. The molecule has 3 heterocycles. The fraction of sp³-hybridized carbons (Fsp3) is 0.615. The van der Waals surface area contributed by atoms with E-state index in [1.54, 1.807) is 0 Å². The van der Waals surface area contributed by atoms with E-state index in [2.05, 4.69) is 44.0 Å². The average Bonchev–Trinajstić information content (AvgIpc) is 3.37. The van der Waals surface area contributed by atoms with E-state index in [1.807, 2.05) is 12.4 Å². The summed E-state index contributed by atoms with van der Waals surface area (Å²) < 4.78 is 6.11. The summed E-state index contributed by atoms with van der Waals surface area (Å²) >= 11 is 0. The van der Waals surface area contributed by atoms with Gasteiger partial charge in [0.05, 0.1) is 0 Å². The normalized spacial score (nSPS) is 22.1. The van der Waals surface area contributed by atoms with Gasteiger partial charge in [0.2, 0.25) is 0 Å². The van der Waals surface area contributed by atoms with Crippen LogP contribution in [0, 0.1) is 0 Å². The minimum Gasteiger partial charge on any atom is -0.460 e. The standard InChI is InChI=1S/C26H36N4O/c1-4-14-29(15-5-1)20-21-8-10-22(11-9-21)23-18-27-26(28-19-23)31-25-12-16-30(17-13-25)24-6-2-3-7-24/h8-11,18-19,24-25H,1-7,12-17,20H2. The van der Waals surface area contributed by atoms with Crippen molar-refractivity contribution in [2.45, 2.75) is 76.5 Å². The Morgan fingerprint density at radius 1 is 0.742 bits per heavy atom. The molecular weight excluding hydrogens is 384 g/mol. The Hall–Kier alpha value is -1.98. The van der Waals surface area contributed by atoms with Gasteiger partial charge in [-0.15, -0.1) is 0 Å². The lowest BCUT2D eigenvalue weighted by atomic mass is 10.0. The van der Waals surface area contributed by atoms with Gasteiger partial charge in [-0.1, -0.05) is 43.5 Å². The quantitative estimate of drug-likeness (QED) is 0.664. The molecule has 1 saturated carbocycles. The molecule has 5 heteroatoms. The average molecular weight is 421 g/mol. The van der Waals surface area contributed by atoms with E-state index in [-0.39, 0.29) is 6.10 Å². The van der Waals surface area contributed by atoms with Gasteiger partial charge in [-0.25, -0.2) is 9.97 Å². The Balaban J connectivity index is 1.12. The third kappa shape index (κ3) is 5.45. The lowest BCUT2D eigenvalue weighted by Crippen LogP contribution is -2.43. The van der Waals surface area contributed by atoms with Crippen LogP contribution < -0.4 is 4.74 Å². The van der Waals surface area contributed by atoms with Crippen LogP contribution in [0.3, 0.4) is 0 Å². The van der Waals surface area contributed by atoms with Crippen LogP contribution in [0.15, 0.2) is 36.7 Å². The Morgan fingerprint density at radius 2 is 1.42 bits per heavy atom. The lowest BCUT2D eigenvalue weighted by molar-refractivity contribution is 0.0710. The van der Waals surface area contributed by atoms with Crippen molar-refractivity contribution in [2.24, 2.45) is 0 Å². The zero-order valence-corrected chi connectivity index (χ0v) is 18.7. The smallest absolute Gasteiger partial charge is 0.316 e. The summed E-state index contributed by atoms with van der Waals surface area (Å²) in [7, 11) is 0. The fourth-order valence-corrected chi connectivity index (χ4v) is 5.48. The Labute approximate surface area is 186 Å². The van der Waals surface area contributed by atoms with Gasteiger partial charge >= 0.3 is 6.01 Å². The van der Waals surface area contributed by atoms with Crippen molar-refractivity contribution in [3.05, 3.63) is 42.2 Å². The molecule has 2 saturated heterocycles. The summed E-state index contributed by atoms with van der Waals surface area (Å²) in [4.78, 5) is 14.2. The number of ether oxygens (including phenoxy) is 1. The number of aromatic nitrogens is 2. The molecule has 5 rings (SSSR count). The van der Waals surface area contributed by atoms with Gasteiger partial charge in [-0.2, -0.15) is 0 Å². The minimum atomic E-state index is 0.248. The van der Waals surface area contributed by atoms with Crippen molar-refractivity contribution in [3.8, 4) is 17.1 Å². The zero-order valence-electron chi connectivity index (χ0n) is 18.7. The highest BCUT2D eigenvalue weighted by atomic mass is 16.5. The van der Waals surface area contributed by atoms with E-state index in [1.165, 1.54) is 69.2 Å². The molecule has 0 unspecified atom stereocenters. The molecule has 0 atom stereocenters. The molecule has 3 aliphatic rings. The molecule has 1 aromatic heterocycles. The lowest BCUT2D eigenvalue weighted by Gasteiger charge is -2.35. The van der Waals surface area contributed by atoms with E-state index in [0.717, 1.165) is 44.1 Å². The Morgan fingerprint density at radius 3 is 2.10 bits per heavy atom. The molecule has 2 aliphatic heterocycles. The van der Waals surface area contributed by atoms with Crippen molar-refractivity contribution >= 4 is 0 Å². The number of benzene rings is 1. The van der Waals surface area contributed by atoms with Gasteiger partial charge in [0.25, 0.3) is 0 Å². The number of likely N-dealkylation sites (tertiary alicyclic amines) is 2. The van der Waals surface area contributed by atoms with E-state index in [9.17, 15) is 0 Å². The number of piperidine rings is 2. The monoisotopic (exact) mass is 420 g/mol. The first-order valence-corrected chi connectivity index (χ1v) is 12.4. The first kappa shape index (κ1) is 20.9. The molecule has 0 amide bonds. The first-order valence-electron chi connectivity index (χ1n) is 12.4. The Bertz CT molecular complexity index is 802. The summed E-state index contributed by atoms with van der Waals surface area (Å²) in [6, 6.07) is 10.2. The van der Waals surface area contributed by atoms with Gasteiger partial charge in [0.15, 0.2) is 0 Å². The molecule has 0 radical (unpaired) electrons. The molecule has 1 aliphatic carbocycles. The highest BCUT2D eigenvalue weighted by Crippen LogP contribution is 2.27. The van der Waals surface area contributed by atoms with Crippen LogP contribution in [0.25, 0.3) is 11.1 Å². The highest BCUT2D eigenvalue weighted by molar-refractivity contribution is 5.61. The second-order valence-electron chi connectivity index (χ2n) is 9.58. The molecule has 0 bridgehead atoms. The van der Waals surface area contributed by atoms with Gasteiger partial charge in [-0.05, 0) is 62.7 Å².